The number of aliphatic imine (C=N–C) groups is 1. The molecule has 0 aliphatic rings. The largest absolute Gasteiger partial charge is 0.286 e. The van der Waals surface area contributed by atoms with Gasteiger partial charge >= 0.3 is 0 Å². The van der Waals surface area contributed by atoms with Crippen molar-refractivity contribution in [2.24, 2.45) is 4.99 Å². The fraction of sp³-hybridized carbons (Fsp3) is 0.316. The van der Waals surface area contributed by atoms with Gasteiger partial charge in [0.15, 0.2) is 0 Å². The zero-order valence-corrected chi connectivity index (χ0v) is 12.9. The van der Waals surface area contributed by atoms with Gasteiger partial charge in [-0.15, -0.1) is 0 Å². The van der Waals surface area contributed by atoms with Crippen molar-refractivity contribution in [3.05, 3.63) is 70.8 Å². The summed E-state index contributed by atoms with van der Waals surface area (Å²) in [6, 6.07) is 17.3. The SMILES string of the molecule is CC(Cc1ccc(C)c(C)c1)=N[C@H](C)c1ccccc1. The zero-order chi connectivity index (χ0) is 14.5. The van der Waals surface area contributed by atoms with Gasteiger partial charge in [0.25, 0.3) is 0 Å². The van der Waals surface area contributed by atoms with E-state index in [1.54, 1.807) is 0 Å². The Labute approximate surface area is 122 Å². The minimum absolute atomic E-state index is 0.225. The third-order valence-electron chi connectivity index (χ3n) is 3.73. The molecule has 1 nitrogen and oxygen atoms in total. The van der Waals surface area contributed by atoms with Crippen LogP contribution >= 0.6 is 0 Å². The summed E-state index contributed by atoms with van der Waals surface area (Å²) in [5.74, 6) is 0. The van der Waals surface area contributed by atoms with Crippen LogP contribution in [0.2, 0.25) is 0 Å². The molecule has 0 aliphatic heterocycles. The average Bonchev–Trinajstić information content (AvgIpc) is 2.44. The Kier molecular flexibility index (Phi) is 4.73. The van der Waals surface area contributed by atoms with Gasteiger partial charge < -0.3 is 0 Å². The average molecular weight is 265 g/mol. The first-order valence-electron chi connectivity index (χ1n) is 7.20. The van der Waals surface area contributed by atoms with Crippen molar-refractivity contribution in [2.45, 2.75) is 40.2 Å². The van der Waals surface area contributed by atoms with Crippen LogP contribution in [0.3, 0.4) is 0 Å². The molecule has 0 bridgehead atoms. The number of hydrogen-bond donors (Lipinski definition) is 0. The number of nitrogens with zero attached hydrogens (tertiary/aromatic N) is 1. The van der Waals surface area contributed by atoms with Crippen LogP contribution in [0.15, 0.2) is 53.5 Å². The fourth-order valence-corrected chi connectivity index (χ4v) is 2.39. The maximum atomic E-state index is 4.81. The molecule has 0 saturated carbocycles. The molecular formula is C19H23N. The predicted octanol–water partition coefficient (Wildman–Crippen LogP) is 5.07. The standard InChI is InChI=1S/C19H23N/c1-14-10-11-18(12-15(14)2)13-16(3)20-17(4)19-8-6-5-7-9-19/h5-12,17H,13H2,1-4H3/t17-/m1/s1. The summed E-state index contributed by atoms with van der Waals surface area (Å²) in [4.78, 5) is 4.81. The molecule has 0 aromatic heterocycles. The van der Waals surface area contributed by atoms with Gasteiger partial charge in [0.2, 0.25) is 0 Å². The van der Waals surface area contributed by atoms with E-state index >= 15 is 0 Å². The molecule has 2 rings (SSSR count). The van der Waals surface area contributed by atoms with Gasteiger partial charge in [-0.1, -0.05) is 48.5 Å². The van der Waals surface area contributed by atoms with E-state index < -0.39 is 0 Å². The molecule has 0 N–H and O–H groups in total. The molecule has 1 atom stereocenters. The lowest BCUT2D eigenvalue weighted by Gasteiger charge is -2.10. The first-order valence-corrected chi connectivity index (χ1v) is 7.20. The summed E-state index contributed by atoms with van der Waals surface area (Å²) < 4.78 is 0. The highest BCUT2D eigenvalue weighted by molar-refractivity contribution is 5.84. The Hall–Kier alpha value is -1.89. The molecule has 0 fully saturated rings. The van der Waals surface area contributed by atoms with Crippen LogP contribution in [-0.4, -0.2) is 5.71 Å². The lowest BCUT2D eigenvalue weighted by Crippen LogP contribution is -2.01. The summed E-state index contributed by atoms with van der Waals surface area (Å²) >= 11 is 0. The Morgan fingerprint density at radius 2 is 1.70 bits per heavy atom. The number of benzene rings is 2. The Bertz CT molecular complexity index is 596. The Balaban J connectivity index is 2.09. The molecule has 0 heterocycles. The van der Waals surface area contributed by atoms with Crippen LogP contribution in [0, 0.1) is 13.8 Å². The van der Waals surface area contributed by atoms with Gasteiger partial charge in [0, 0.05) is 12.1 Å². The molecule has 1 heteroatoms. The Morgan fingerprint density at radius 3 is 2.35 bits per heavy atom. The quantitative estimate of drug-likeness (QED) is 0.684. The first-order chi connectivity index (χ1) is 9.56. The molecule has 0 amide bonds. The van der Waals surface area contributed by atoms with Crippen molar-refractivity contribution in [3.8, 4) is 0 Å². The van der Waals surface area contributed by atoms with Gasteiger partial charge in [0.1, 0.15) is 0 Å². The van der Waals surface area contributed by atoms with Crippen LogP contribution < -0.4 is 0 Å². The molecule has 2 aromatic carbocycles. The highest BCUT2D eigenvalue weighted by Crippen LogP contribution is 2.17. The summed E-state index contributed by atoms with van der Waals surface area (Å²) in [6.45, 7) is 8.59. The van der Waals surface area contributed by atoms with Gasteiger partial charge in [-0.25, -0.2) is 0 Å². The van der Waals surface area contributed by atoms with Crippen molar-refractivity contribution in [3.63, 3.8) is 0 Å². The van der Waals surface area contributed by atoms with Crippen LogP contribution in [0.4, 0.5) is 0 Å². The molecule has 20 heavy (non-hydrogen) atoms. The fourth-order valence-electron chi connectivity index (χ4n) is 2.39. The lowest BCUT2D eigenvalue weighted by molar-refractivity contribution is 0.815. The van der Waals surface area contributed by atoms with E-state index in [0.717, 1.165) is 6.42 Å². The van der Waals surface area contributed by atoms with E-state index in [1.165, 1.54) is 28.0 Å². The van der Waals surface area contributed by atoms with E-state index in [4.69, 9.17) is 4.99 Å². The van der Waals surface area contributed by atoms with Crippen LogP contribution in [-0.2, 0) is 6.42 Å². The predicted molar refractivity (Wildman–Crippen MR) is 87.6 cm³/mol. The second kappa shape index (κ2) is 6.51. The van der Waals surface area contributed by atoms with E-state index in [0.29, 0.717) is 0 Å². The molecule has 0 unspecified atom stereocenters. The lowest BCUT2D eigenvalue weighted by atomic mass is 10.0. The van der Waals surface area contributed by atoms with Crippen LogP contribution in [0.5, 0.6) is 0 Å². The van der Waals surface area contributed by atoms with Gasteiger partial charge in [-0.3, -0.25) is 4.99 Å². The second-order valence-electron chi connectivity index (χ2n) is 5.55. The maximum absolute atomic E-state index is 4.81. The third kappa shape index (κ3) is 3.80. The van der Waals surface area contributed by atoms with Gasteiger partial charge in [-0.05, 0) is 49.9 Å². The molecular weight excluding hydrogens is 242 g/mol. The summed E-state index contributed by atoms with van der Waals surface area (Å²) in [7, 11) is 0. The molecule has 0 saturated heterocycles. The smallest absolute Gasteiger partial charge is 0.0720 e. The second-order valence-corrected chi connectivity index (χ2v) is 5.55. The van der Waals surface area contributed by atoms with Crippen molar-refractivity contribution in [2.75, 3.05) is 0 Å². The number of rotatable bonds is 4. The topological polar surface area (TPSA) is 12.4 Å². The zero-order valence-electron chi connectivity index (χ0n) is 12.9. The minimum Gasteiger partial charge on any atom is -0.286 e. The highest BCUT2D eigenvalue weighted by Gasteiger charge is 2.04. The van der Waals surface area contributed by atoms with E-state index in [9.17, 15) is 0 Å². The van der Waals surface area contributed by atoms with Crippen LogP contribution in [0.1, 0.15) is 42.1 Å². The number of hydrogen-bond acceptors (Lipinski definition) is 1. The normalized spacial score (nSPS) is 13.3. The van der Waals surface area contributed by atoms with E-state index in [1.807, 2.05) is 6.07 Å². The monoisotopic (exact) mass is 265 g/mol. The molecule has 0 radical (unpaired) electrons. The molecule has 0 spiro atoms. The summed E-state index contributed by atoms with van der Waals surface area (Å²) in [5.41, 5.74) is 6.50. The van der Waals surface area contributed by atoms with Crippen molar-refractivity contribution in [1.82, 2.24) is 0 Å². The third-order valence-corrected chi connectivity index (χ3v) is 3.73. The molecule has 2 aromatic rings. The maximum Gasteiger partial charge on any atom is 0.0720 e. The van der Waals surface area contributed by atoms with Gasteiger partial charge in [-0.2, -0.15) is 0 Å². The summed E-state index contributed by atoms with van der Waals surface area (Å²) in [6.07, 6.45) is 0.929. The molecule has 104 valence electrons. The minimum atomic E-state index is 0.225. The van der Waals surface area contributed by atoms with Crippen molar-refractivity contribution >= 4 is 5.71 Å². The summed E-state index contributed by atoms with van der Waals surface area (Å²) in [5, 5.41) is 0. The van der Waals surface area contributed by atoms with Crippen LogP contribution in [0.25, 0.3) is 0 Å². The highest BCUT2D eigenvalue weighted by atomic mass is 14.8. The molecule has 0 aliphatic carbocycles. The Morgan fingerprint density at radius 1 is 1.00 bits per heavy atom. The van der Waals surface area contributed by atoms with Crippen molar-refractivity contribution < 1.29 is 0 Å². The van der Waals surface area contributed by atoms with Crippen molar-refractivity contribution in [1.29, 1.82) is 0 Å². The van der Waals surface area contributed by atoms with E-state index in [-0.39, 0.29) is 6.04 Å². The van der Waals surface area contributed by atoms with E-state index in [2.05, 4.69) is 70.2 Å². The number of aryl methyl sites for hydroxylation is 2. The first kappa shape index (κ1) is 14.5. The van der Waals surface area contributed by atoms with Gasteiger partial charge in [0.05, 0.1) is 6.04 Å².